The summed E-state index contributed by atoms with van der Waals surface area (Å²) in [5.74, 6) is 0.0695. The highest BCUT2D eigenvalue weighted by molar-refractivity contribution is 5.95. The number of aromatic nitrogens is 2. The number of rotatable bonds is 3. The lowest BCUT2D eigenvalue weighted by molar-refractivity contribution is 0.0715. The van der Waals surface area contributed by atoms with Crippen LogP contribution in [0.2, 0.25) is 0 Å². The van der Waals surface area contributed by atoms with Gasteiger partial charge in [-0.25, -0.2) is 0 Å². The Bertz CT molecular complexity index is 989. The lowest BCUT2D eigenvalue weighted by atomic mass is 9.86. The molecule has 1 aromatic heterocycles. The van der Waals surface area contributed by atoms with Crippen LogP contribution in [0.15, 0.2) is 54.7 Å². The van der Waals surface area contributed by atoms with E-state index in [0.29, 0.717) is 0 Å². The summed E-state index contributed by atoms with van der Waals surface area (Å²) in [5.41, 5.74) is 6.45. The average molecular weight is 359 g/mol. The normalized spacial score (nSPS) is 16.0. The number of carbonyl (C=O) groups is 1. The van der Waals surface area contributed by atoms with Gasteiger partial charge in [0.05, 0.1) is 11.7 Å². The molecule has 0 N–H and O–H groups in total. The lowest BCUT2D eigenvalue weighted by Crippen LogP contribution is -2.33. The van der Waals surface area contributed by atoms with Crippen LogP contribution in [0, 0.1) is 6.92 Å². The van der Waals surface area contributed by atoms with E-state index in [9.17, 15) is 4.79 Å². The van der Waals surface area contributed by atoms with Crippen LogP contribution in [-0.2, 0) is 13.5 Å². The first kappa shape index (κ1) is 17.5. The fraction of sp³-hybridized carbons (Fsp3) is 0.304. The zero-order valence-corrected chi connectivity index (χ0v) is 16.1. The molecule has 0 bridgehead atoms. The Morgan fingerprint density at radius 3 is 2.78 bits per heavy atom. The molecule has 1 heterocycles. The maximum atomic E-state index is 13.2. The fourth-order valence-electron chi connectivity index (χ4n) is 4.18. The number of amides is 1. The number of nitrogens with zero attached hydrogens (tertiary/aromatic N) is 3. The fourth-order valence-corrected chi connectivity index (χ4v) is 4.18. The molecule has 3 aromatic rings. The summed E-state index contributed by atoms with van der Waals surface area (Å²) >= 11 is 0. The van der Waals surface area contributed by atoms with Gasteiger partial charge < -0.3 is 4.90 Å². The molecule has 0 fully saturated rings. The lowest BCUT2D eigenvalue weighted by Gasteiger charge is -2.33. The second-order valence-electron chi connectivity index (χ2n) is 7.41. The molecule has 0 saturated heterocycles. The highest BCUT2D eigenvalue weighted by Gasteiger charge is 2.27. The Hall–Kier alpha value is -2.88. The molecule has 0 spiro atoms. The van der Waals surface area contributed by atoms with Gasteiger partial charge in [0.1, 0.15) is 0 Å². The van der Waals surface area contributed by atoms with Crippen LogP contribution in [0.5, 0.6) is 0 Å². The van der Waals surface area contributed by atoms with E-state index < -0.39 is 0 Å². The van der Waals surface area contributed by atoms with Crippen LogP contribution in [0.3, 0.4) is 0 Å². The molecule has 1 unspecified atom stereocenters. The van der Waals surface area contributed by atoms with E-state index in [-0.39, 0.29) is 11.9 Å². The first-order valence-electron chi connectivity index (χ1n) is 9.50. The minimum absolute atomic E-state index is 0.0695. The van der Waals surface area contributed by atoms with Crippen molar-refractivity contribution < 1.29 is 4.79 Å². The van der Waals surface area contributed by atoms with Crippen molar-refractivity contribution in [1.29, 1.82) is 0 Å². The van der Waals surface area contributed by atoms with Crippen LogP contribution in [-0.4, -0.2) is 27.6 Å². The first-order chi connectivity index (χ1) is 13.0. The van der Waals surface area contributed by atoms with Gasteiger partial charge in [0.15, 0.2) is 0 Å². The number of aryl methyl sites for hydroxylation is 3. The van der Waals surface area contributed by atoms with Gasteiger partial charge in [-0.3, -0.25) is 9.48 Å². The summed E-state index contributed by atoms with van der Waals surface area (Å²) in [5, 5.41) is 4.42. The summed E-state index contributed by atoms with van der Waals surface area (Å²) < 4.78 is 1.81. The molecule has 0 saturated carbocycles. The molecule has 138 valence electrons. The Morgan fingerprint density at radius 1 is 1.19 bits per heavy atom. The van der Waals surface area contributed by atoms with Crippen LogP contribution >= 0.6 is 0 Å². The number of carbonyl (C=O) groups excluding carboxylic acids is 1. The average Bonchev–Trinajstić information content (AvgIpc) is 3.04. The number of hydrogen-bond acceptors (Lipinski definition) is 2. The number of fused-ring (bicyclic) bond motifs is 1. The van der Waals surface area contributed by atoms with Gasteiger partial charge in [0.2, 0.25) is 0 Å². The maximum absolute atomic E-state index is 13.2. The van der Waals surface area contributed by atoms with E-state index in [4.69, 9.17) is 0 Å². The second-order valence-corrected chi connectivity index (χ2v) is 7.41. The summed E-state index contributed by atoms with van der Waals surface area (Å²) in [7, 11) is 3.84. The highest BCUT2D eigenvalue weighted by Crippen LogP contribution is 2.34. The minimum Gasteiger partial charge on any atom is -0.335 e. The third kappa shape index (κ3) is 3.27. The predicted octanol–water partition coefficient (Wildman–Crippen LogP) is 4.55. The van der Waals surface area contributed by atoms with E-state index in [1.807, 2.05) is 61.1 Å². The second kappa shape index (κ2) is 7.03. The smallest absolute Gasteiger partial charge is 0.254 e. The molecule has 1 aliphatic carbocycles. The van der Waals surface area contributed by atoms with Crippen molar-refractivity contribution >= 4 is 5.91 Å². The third-order valence-corrected chi connectivity index (χ3v) is 5.56. The van der Waals surface area contributed by atoms with Crippen molar-refractivity contribution in [2.45, 2.75) is 32.2 Å². The Morgan fingerprint density at radius 2 is 2.00 bits per heavy atom. The molecule has 4 rings (SSSR count). The summed E-state index contributed by atoms with van der Waals surface area (Å²) in [4.78, 5) is 15.1. The summed E-state index contributed by atoms with van der Waals surface area (Å²) in [6, 6.07) is 16.5. The topological polar surface area (TPSA) is 38.1 Å². The van der Waals surface area contributed by atoms with Crippen LogP contribution < -0.4 is 0 Å². The monoisotopic (exact) mass is 359 g/mol. The van der Waals surface area contributed by atoms with Crippen LogP contribution in [0.4, 0.5) is 0 Å². The first-order valence-corrected chi connectivity index (χ1v) is 9.50. The molecule has 1 atom stereocenters. The van der Waals surface area contributed by atoms with Crippen molar-refractivity contribution in [3.05, 3.63) is 77.1 Å². The van der Waals surface area contributed by atoms with Crippen LogP contribution in [0.25, 0.3) is 11.1 Å². The summed E-state index contributed by atoms with van der Waals surface area (Å²) in [6.45, 7) is 1.99. The molecular formula is C23H25N3O. The van der Waals surface area contributed by atoms with E-state index in [2.05, 4.69) is 29.4 Å². The minimum atomic E-state index is 0.0695. The zero-order chi connectivity index (χ0) is 19.0. The van der Waals surface area contributed by atoms with Gasteiger partial charge in [-0.15, -0.1) is 0 Å². The number of hydrogen-bond donors (Lipinski definition) is 0. The number of benzene rings is 2. The van der Waals surface area contributed by atoms with E-state index in [1.54, 1.807) is 0 Å². The quantitative estimate of drug-likeness (QED) is 0.688. The van der Waals surface area contributed by atoms with Crippen molar-refractivity contribution in [2.24, 2.45) is 7.05 Å². The third-order valence-electron chi connectivity index (χ3n) is 5.56. The van der Waals surface area contributed by atoms with E-state index >= 15 is 0 Å². The molecular weight excluding hydrogens is 334 g/mol. The van der Waals surface area contributed by atoms with Gasteiger partial charge in [-0.2, -0.15) is 5.10 Å². The van der Waals surface area contributed by atoms with Gasteiger partial charge in [0, 0.05) is 31.4 Å². The molecule has 2 aromatic carbocycles. The standard InChI is InChI=1S/C23H25N3O/c1-16-21(15-25(2)24-16)18-10-6-11-19(14-18)23(27)26(3)22-13-7-9-17-8-4-5-12-20(17)22/h4-6,8,10-12,14-15,22H,7,9,13H2,1-3H3. The zero-order valence-electron chi connectivity index (χ0n) is 16.1. The maximum Gasteiger partial charge on any atom is 0.254 e. The van der Waals surface area contributed by atoms with E-state index in [1.165, 1.54) is 11.1 Å². The Labute approximate surface area is 160 Å². The van der Waals surface area contributed by atoms with E-state index in [0.717, 1.165) is 41.6 Å². The Balaban J connectivity index is 1.64. The highest BCUT2D eigenvalue weighted by atomic mass is 16.2. The van der Waals surface area contributed by atoms with Crippen molar-refractivity contribution in [2.75, 3.05) is 7.05 Å². The van der Waals surface area contributed by atoms with Crippen molar-refractivity contribution in [3.63, 3.8) is 0 Å². The summed E-state index contributed by atoms with van der Waals surface area (Å²) in [6.07, 6.45) is 5.24. The largest absolute Gasteiger partial charge is 0.335 e. The van der Waals surface area contributed by atoms with Gasteiger partial charge >= 0.3 is 0 Å². The molecule has 1 amide bonds. The molecule has 4 heteroatoms. The predicted molar refractivity (Wildman–Crippen MR) is 108 cm³/mol. The molecule has 4 nitrogen and oxygen atoms in total. The SMILES string of the molecule is Cc1nn(C)cc1-c1cccc(C(=O)N(C)C2CCCc3ccccc32)c1. The molecule has 0 radical (unpaired) electrons. The molecule has 27 heavy (non-hydrogen) atoms. The van der Waals surface area contributed by atoms with Gasteiger partial charge in [-0.1, -0.05) is 36.4 Å². The Kier molecular flexibility index (Phi) is 4.56. The van der Waals surface area contributed by atoms with Gasteiger partial charge in [-0.05, 0) is 55.0 Å². The van der Waals surface area contributed by atoms with Crippen LogP contribution in [0.1, 0.15) is 46.1 Å². The molecule has 1 aliphatic rings. The van der Waals surface area contributed by atoms with Gasteiger partial charge in [0.25, 0.3) is 5.91 Å². The van der Waals surface area contributed by atoms with Crippen molar-refractivity contribution in [1.82, 2.24) is 14.7 Å². The van der Waals surface area contributed by atoms with Crippen molar-refractivity contribution in [3.8, 4) is 11.1 Å². The molecule has 0 aliphatic heterocycles.